The highest BCUT2D eigenvalue weighted by molar-refractivity contribution is 7.22. The molecule has 3 heterocycles. The van der Waals surface area contributed by atoms with Gasteiger partial charge in [0.05, 0.1) is 23.0 Å². The molecule has 2 aromatic heterocycles. The van der Waals surface area contributed by atoms with Crippen LogP contribution in [0.2, 0.25) is 0 Å². The monoisotopic (exact) mass is 294 g/mol. The molecule has 3 nitrogen and oxygen atoms in total. The first-order chi connectivity index (χ1) is 9.26. The molecule has 5 heteroatoms. The summed E-state index contributed by atoms with van der Waals surface area (Å²) in [5, 5.41) is 0. The van der Waals surface area contributed by atoms with E-state index >= 15 is 0 Å². The van der Waals surface area contributed by atoms with Crippen LogP contribution in [0.4, 0.5) is 0 Å². The van der Waals surface area contributed by atoms with E-state index in [2.05, 4.69) is 13.0 Å². The fourth-order valence-electron chi connectivity index (χ4n) is 1.92. The topological polar surface area (TPSA) is 35.5 Å². The molecule has 0 unspecified atom stereocenters. The summed E-state index contributed by atoms with van der Waals surface area (Å²) in [5.74, 6) is 0.461. The average molecular weight is 294 g/mol. The Bertz CT molecular complexity index is 565. The van der Waals surface area contributed by atoms with Gasteiger partial charge in [-0.3, -0.25) is 4.79 Å². The van der Waals surface area contributed by atoms with Gasteiger partial charge < -0.3 is 9.47 Å². The van der Waals surface area contributed by atoms with Crippen LogP contribution in [0.5, 0.6) is 0 Å². The minimum absolute atomic E-state index is 0.236. The molecule has 1 saturated heterocycles. The molecule has 19 heavy (non-hydrogen) atoms. The third kappa shape index (κ3) is 2.79. The van der Waals surface area contributed by atoms with Crippen LogP contribution in [0.3, 0.4) is 0 Å². The zero-order valence-corrected chi connectivity index (χ0v) is 12.1. The number of hydrogen-bond acceptors (Lipinski definition) is 5. The first-order valence-electron chi connectivity index (χ1n) is 6.14. The Labute approximate surface area is 119 Å². The van der Waals surface area contributed by atoms with Crippen molar-refractivity contribution >= 4 is 29.0 Å². The van der Waals surface area contributed by atoms with Gasteiger partial charge in [-0.15, -0.1) is 22.7 Å². The summed E-state index contributed by atoms with van der Waals surface area (Å²) in [4.78, 5) is 14.8. The number of rotatable bonds is 3. The number of carbonyl (C=O) groups excluding carboxylic acids is 1. The summed E-state index contributed by atoms with van der Waals surface area (Å²) in [7, 11) is 0. The van der Waals surface area contributed by atoms with Crippen molar-refractivity contribution < 1.29 is 14.3 Å². The molecule has 2 aromatic rings. The molecule has 0 amide bonds. The number of thiophene rings is 2. The molecule has 0 atom stereocenters. The number of hydrogen-bond donors (Lipinski definition) is 0. The van der Waals surface area contributed by atoms with E-state index in [1.54, 1.807) is 11.3 Å². The molecule has 0 radical (unpaired) electrons. The second-order valence-corrected chi connectivity index (χ2v) is 6.86. The molecule has 1 aliphatic heterocycles. The summed E-state index contributed by atoms with van der Waals surface area (Å²) in [6.45, 7) is 3.60. The van der Waals surface area contributed by atoms with E-state index in [1.807, 2.05) is 18.2 Å². The van der Waals surface area contributed by atoms with Crippen molar-refractivity contribution in [2.75, 3.05) is 13.2 Å². The first-order valence-corrected chi connectivity index (χ1v) is 7.78. The van der Waals surface area contributed by atoms with Gasteiger partial charge >= 0.3 is 0 Å². The second kappa shape index (κ2) is 5.54. The third-order valence-corrected chi connectivity index (χ3v) is 5.22. The molecule has 0 bridgehead atoms. The number of aldehydes is 1. The van der Waals surface area contributed by atoms with Crippen LogP contribution in [0.1, 0.15) is 27.8 Å². The summed E-state index contributed by atoms with van der Waals surface area (Å²) < 4.78 is 11.4. The normalized spacial score (nSPS) is 23.4. The molecule has 0 aliphatic carbocycles. The van der Waals surface area contributed by atoms with E-state index in [0.717, 1.165) is 39.0 Å². The van der Waals surface area contributed by atoms with E-state index in [9.17, 15) is 4.79 Å². The smallest absolute Gasteiger partial charge is 0.193 e. The maximum absolute atomic E-state index is 10.7. The van der Waals surface area contributed by atoms with Gasteiger partial charge in [-0.2, -0.15) is 0 Å². The lowest BCUT2D eigenvalue weighted by molar-refractivity contribution is -0.200. The van der Waals surface area contributed by atoms with Crippen molar-refractivity contribution in [3.8, 4) is 9.75 Å². The van der Waals surface area contributed by atoms with Crippen molar-refractivity contribution in [1.82, 2.24) is 0 Å². The minimum atomic E-state index is -0.236. The molecule has 3 rings (SSSR count). The molecule has 1 aliphatic rings. The fourth-order valence-corrected chi connectivity index (χ4v) is 3.84. The van der Waals surface area contributed by atoms with Crippen molar-refractivity contribution in [2.45, 2.75) is 13.2 Å². The van der Waals surface area contributed by atoms with Crippen LogP contribution in [-0.4, -0.2) is 19.5 Å². The maximum Gasteiger partial charge on any atom is 0.193 e. The van der Waals surface area contributed by atoms with Crippen LogP contribution >= 0.6 is 22.7 Å². The molecule has 0 aromatic carbocycles. The maximum atomic E-state index is 10.7. The first kappa shape index (κ1) is 13.0. The van der Waals surface area contributed by atoms with Crippen LogP contribution in [0, 0.1) is 5.92 Å². The highest BCUT2D eigenvalue weighted by atomic mass is 32.1. The minimum Gasteiger partial charge on any atom is -0.347 e. The molecule has 0 saturated carbocycles. The largest absolute Gasteiger partial charge is 0.347 e. The highest BCUT2D eigenvalue weighted by Gasteiger charge is 2.22. The zero-order chi connectivity index (χ0) is 13.2. The molecule has 0 N–H and O–H groups in total. The van der Waals surface area contributed by atoms with Crippen LogP contribution in [0.15, 0.2) is 24.3 Å². The predicted molar refractivity (Wildman–Crippen MR) is 76.8 cm³/mol. The van der Waals surface area contributed by atoms with Gasteiger partial charge in [0.25, 0.3) is 0 Å². The van der Waals surface area contributed by atoms with Crippen molar-refractivity contribution in [3.05, 3.63) is 34.0 Å². The SMILES string of the molecule is CC1COC(c2ccc(-c3ccc(C=O)s3)s2)OC1. The Morgan fingerprint density at radius 1 is 1.11 bits per heavy atom. The summed E-state index contributed by atoms with van der Waals surface area (Å²) >= 11 is 3.17. The van der Waals surface area contributed by atoms with Crippen molar-refractivity contribution in [3.63, 3.8) is 0 Å². The molecular weight excluding hydrogens is 280 g/mol. The van der Waals surface area contributed by atoms with E-state index in [1.165, 1.54) is 11.3 Å². The number of carbonyl (C=O) groups is 1. The summed E-state index contributed by atoms with van der Waals surface area (Å²) in [6, 6.07) is 7.93. The zero-order valence-electron chi connectivity index (χ0n) is 10.5. The van der Waals surface area contributed by atoms with E-state index in [4.69, 9.17) is 9.47 Å². The van der Waals surface area contributed by atoms with Gasteiger partial charge in [-0.05, 0) is 24.3 Å². The standard InChI is InChI=1S/C14H14O3S2/c1-9-7-16-14(17-8-9)13-5-4-12(19-13)11-3-2-10(6-15)18-11/h2-6,9,14H,7-8H2,1H3. The Kier molecular flexibility index (Phi) is 3.79. The second-order valence-electron chi connectivity index (χ2n) is 4.63. The summed E-state index contributed by atoms with van der Waals surface area (Å²) in [6.07, 6.45) is 0.651. The van der Waals surface area contributed by atoms with E-state index in [0.29, 0.717) is 5.92 Å². The lowest BCUT2D eigenvalue weighted by Gasteiger charge is -2.26. The van der Waals surface area contributed by atoms with Gasteiger partial charge in [0, 0.05) is 15.7 Å². The number of ether oxygens (including phenoxy) is 2. The van der Waals surface area contributed by atoms with Crippen molar-refractivity contribution in [1.29, 1.82) is 0 Å². The van der Waals surface area contributed by atoms with Crippen LogP contribution in [-0.2, 0) is 9.47 Å². The Balaban J connectivity index is 1.77. The molecule has 0 spiro atoms. The van der Waals surface area contributed by atoms with Gasteiger partial charge in [0.2, 0.25) is 0 Å². The van der Waals surface area contributed by atoms with Gasteiger partial charge in [-0.25, -0.2) is 0 Å². The van der Waals surface area contributed by atoms with Gasteiger partial charge in [0.15, 0.2) is 12.6 Å². The Morgan fingerprint density at radius 3 is 2.47 bits per heavy atom. The molecule has 100 valence electrons. The highest BCUT2D eigenvalue weighted by Crippen LogP contribution is 2.37. The van der Waals surface area contributed by atoms with Crippen LogP contribution in [0.25, 0.3) is 9.75 Å². The molecule has 1 fully saturated rings. The fraction of sp³-hybridized carbons (Fsp3) is 0.357. The molecular formula is C14H14O3S2. The van der Waals surface area contributed by atoms with Crippen molar-refractivity contribution in [2.24, 2.45) is 5.92 Å². The Hall–Kier alpha value is -1.01. The van der Waals surface area contributed by atoms with Gasteiger partial charge in [-0.1, -0.05) is 6.92 Å². The van der Waals surface area contributed by atoms with Gasteiger partial charge in [0.1, 0.15) is 0 Å². The average Bonchev–Trinajstić information content (AvgIpc) is 3.08. The lowest BCUT2D eigenvalue weighted by Crippen LogP contribution is -2.24. The van der Waals surface area contributed by atoms with E-state index < -0.39 is 0 Å². The lowest BCUT2D eigenvalue weighted by atomic mass is 10.2. The van der Waals surface area contributed by atoms with E-state index in [-0.39, 0.29) is 6.29 Å². The predicted octanol–water partition coefficient (Wildman–Crippen LogP) is 3.97. The Morgan fingerprint density at radius 2 is 1.79 bits per heavy atom. The third-order valence-electron chi connectivity index (χ3n) is 2.91. The van der Waals surface area contributed by atoms with Crippen LogP contribution < -0.4 is 0 Å². The summed E-state index contributed by atoms with van der Waals surface area (Å²) in [5.41, 5.74) is 0. The quantitative estimate of drug-likeness (QED) is 0.804.